The van der Waals surface area contributed by atoms with Crippen LogP contribution >= 0.6 is 23.2 Å². The second-order valence-electron chi connectivity index (χ2n) is 6.07. The van der Waals surface area contributed by atoms with Crippen molar-refractivity contribution in [3.63, 3.8) is 0 Å². The van der Waals surface area contributed by atoms with Crippen LogP contribution in [0.1, 0.15) is 23.2 Å². The average molecular weight is 400 g/mol. The number of halogens is 2. The molecule has 26 heavy (non-hydrogen) atoms. The van der Waals surface area contributed by atoms with Gasteiger partial charge in [0.1, 0.15) is 12.2 Å². The number of methoxy groups -OCH3 is 1. The molecule has 2 N–H and O–H groups in total. The summed E-state index contributed by atoms with van der Waals surface area (Å²) in [5.41, 5.74) is 0.362. The molecule has 0 spiro atoms. The smallest absolute Gasteiger partial charge is 0.340 e. The molecular weight excluding hydrogens is 381 g/mol. The van der Waals surface area contributed by atoms with Crippen LogP contribution in [0.5, 0.6) is 0 Å². The first-order valence-electron chi connectivity index (χ1n) is 8.22. The van der Waals surface area contributed by atoms with Gasteiger partial charge in [0.05, 0.1) is 35.1 Å². The van der Waals surface area contributed by atoms with Gasteiger partial charge in [0.2, 0.25) is 0 Å². The maximum atomic E-state index is 12.5. The van der Waals surface area contributed by atoms with Crippen LogP contribution in [0.25, 0.3) is 0 Å². The highest BCUT2D eigenvalue weighted by Gasteiger charge is 2.29. The van der Waals surface area contributed by atoms with E-state index in [0.717, 1.165) is 26.2 Å². The number of rotatable bonds is 4. The van der Waals surface area contributed by atoms with Crippen molar-refractivity contribution >= 4 is 40.8 Å². The molecule has 10 heteroatoms. The molecule has 0 aromatic heterocycles. The summed E-state index contributed by atoms with van der Waals surface area (Å²) in [6.45, 7) is 2.64. The van der Waals surface area contributed by atoms with E-state index in [9.17, 15) is 9.59 Å². The lowest BCUT2D eigenvalue weighted by atomic mass is 10.1. The van der Waals surface area contributed by atoms with E-state index in [1.54, 1.807) is 0 Å². The Bertz CT molecular complexity index is 737. The molecule has 0 saturated carbocycles. The van der Waals surface area contributed by atoms with E-state index in [0.29, 0.717) is 6.42 Å². The number of esters is 1. The molecule has 1 amide bonds. The molecule has 2 atom stereocenters. The normalized spacial score (nSPS) is 23.0. The van der Waals surface area contributed by atoms with Gasteiger partial charge in [0, 0.05) is 13.1 Å². The Morgan fingerprint density at radius 1 is 1.27 bits per heavy atom. The van der Waals surface area contributed by atoms with E-state index in [1.807, 2.05) is 0 Å². The Labute approximate surface area is 160 Å². The van der Waals surface area contributed by atoms with Crippen molar-refractivity contribution in [3.05, 3.63) is 27.7 Å². The van der Waals surface area contributed by atoms with Crippen molar-refractivity contribution in [2.45, 2.75) is 25.0 Å². The molecule has 1 saturated heterocycles. The number of ether oxygens (including phenoxy) is 1. The highest BCUT2D eigenvalue weighted by atomic mass is 35.5. The zero-order valence-electron chi connectivity index (χ0n) is 14.2. The number of amides is 1. The minimum Gasteiger partial charge on any atom is -0.465 e. The lowest BCUT2D eigenvalue weighted by Crippen LogP contribution is -2.37. The Kier molecular flexibility index (Phi) is 6.08. The molecule has 140 valence electrons. The van der Waals surface area contributed by atoms with Crippen molar-refractivity contribution in [1.82, 2.24) is 10.2 Å². The Hall–Kier alpha value is -1.74. The first-order chi connectivity index (χ1) is 12.5. The van der Waals surface area contributed by atoms with E-state index >= 15 is 0 Å². The van der Waals surface area contributed by atoms with Crippen LogP contribution in [0.15, 0.2) is 22.4 Å². The summed E-state index contributed by atoms with van der Waals surface area (Å²) >= 11 is 12.0. The fraction of sp³-hybridized carbons (Fsp3) is 0.500. The van der Waals surface area contributed by atoms with Crippen LogP contribution in [-0.2, 0) is 9.53 Å². The fourth-order valence-corrected chi connectivity index (χ4v) is 3.27. The van der Waals surface area contributed by atoms with Gasteiger partial charge in [-0.1, -0.05) is 23.2 Å². The minimum atomic E-state index is -0.620. The number of anilines is 1. The number of carbonyl (C=O) groups excluding carboxylic acids is 2. The van der Waals surface area contributed by atoms with E-state index < -0.39 is 12.0 Å². The average Bonchev–Trinajstić information content (AvgIpc) is 3.18. The van der Waals surface area contributed by atoms with Gasteiger partial charge in [0.25, 0.3) is 5.91 Å². The molecule has 0 radical (unpaired) electrons. The van der Waals surface area contributed by atoms with Crippen LogP contribution in [0, 0.1) is 0 Å². The lowest BCUT2D eigenvalue weighted by Gasteiger charge is -2.27. The molecule has 2 heterocycles. The second-order valence-corrected chi connectivity index (χ2v) is 6.88. The molecule has 1 aromatic carbocycles. The van der Waals surface area contributed by atoms with Crippen molar-refractivity contribution in [3.8, 4) is 0 Å². The summed E-state index contributed by atoms with van der Waals surface area (Å²) in [5, 5.41) is 14.8. The number of carbonyl (C=O) groups is 2. The van der Waals surface area contributed by atoms with Gasteiger partial charge in [-0.05, 0) is 25.0 Å². The monoisotopic (exact) mass is 399 g/mol. The van der Waals surface area contributed by atoms with Gasteiger partial charge in [-0.3, -0.25) is 9.69 Å². The standard InChI is InChI=1S/C16H19Cl2N5O3/c1-26-16(25)9-6-10(17)11(18)7-13(9)20-15(24)12-2-3-14(22-21-12)23-5-4-19-8-23/h6-7,12,14,19H,2-5,8H2,1H3,(H,20,24). The van der Waals surface area contributed by atoms with E-state index in [1.165, 1.54) is 19.2 Å². The molecule has 3 rings (SSSR count). The van der Waals surface area contributed by atoms with Crippen molar-refractivity contribution in [1.29, 1.82) is 0 Å². The molecule has 8 nitrogen and oxygen atoms in total. The van der Waals surface area contributed by atoms with Crippen LogP contribution in [0.4, 0.5) is 5.69 Å². The Morgan fingerprint density at radius 3 is 2.65 bits per heavy atom. The van der Waals surface area contributed by atoms with Gasteiger partial charge in [-0.2, -0.15) is 10.2 Å². The fourth-order valence-electron chi connectivity index (χ4n) is 2.94. The Balaban J connectivity index is 1.71. The second kappa shape index (κ2) is 8.30. The largest absolute Gasteiger partial charge is 0.465 e. The minimum absolute atomic E-state index is 0.00431. The highest BCUT2D eigenvalue weighted by molar-refractivity contribution is 6.42. The summed E-state index contributed by atoms with van der Waals surface area (Å²) in [4.78, 5) is 26.6. The number of azo groups is 1. The quantitative estimate of drug-likeness (QED) is 0.758. The van der Waals surface area contributed by atoms with Crippen LogP contribution in [0.3, 0.4) is 0 Å². The number of hydrogen-bond acceptors (Lipinski definition) is 7. The topological polar surface area (TPSA) is 95.4 Å². The maximum absolute atomic E-state index is 12.5. The summed E-state index contributed by atoms with van der Waals surface area (Å²) < 4.78 is 4.72. The molecule has 1 fully saturated rings. The number of nitrogens with zero attached hydrogens (tertiary/aromatic N) is 3. The SMILES string of the molecule is COC(=O)c1cc(Cl)c(Cl)cc1NC(=O)C1CCC(N2CCNC2)N=N1. The third kappa shape index (κ3) is 4.15. The van der Waals surface area contributed by atoms with E-state index in [4.69, 9.17) is 27.9 Å². The van der Waals surface area contributed by atoms with E-state index in [2.05, 4.69) is 25.8 Å². The van der Waals surface area contributed by atoms with E-state index in [-0.39, 0.29) is 33.4 Å². The summed E-state index contributed by atoms with van der Waals surface area (Å²) in [6.07, 6.45) is 1.32. The highest BCUT2D eigenvalue weighted by Crippen LogP contribution is 2.30. The van der Waals surface area contributed by atoms with Gasteiger partial charge < -0.3 is 15.4 Å². The van der Waals surface area contributed by atoms with Gasteiger partial charge in [0.15, 0.2) is 0 Å². The number of nitrogens with one attached hydrogen (secondary N) is 2. The third-order valence-corrected chi connectivity index (χ3v) is 5.10. The molecule has 0 aliphatic carbocycles. The predicted molar refractivity (Wildman–Crippen MR) is 97.7 cm³/mol. The molecule has 2 unspecified atom stereocenters. The van der Waals surface area contributed by atoms with Gasteiger partial charge >= 0.3 is 5.97 Å². The van der Waals surface area contributed by atoms with Crippen LogP contribution in [-0.4, -0.2) is 55.9 Å². The van der Waals surface area contributed by atoms with Gasteiger partial charge in [-0.15, -0.1) is 0 Å². The molecule has 2 aliphatic rings. The number of benzene rings is 1. The molecule has 2 aliphatic heterocycles. The van der Waals surface area contributed by atoms with Crippen molar-refractivity contribution in [2.75, 3.05) is 32.2 Å². The predicted octanol–water partition coefficient (Wildman–Crippen LogP) is 2.52. The van der Waals surface area contributed by atoms with Crippen LogP contribution < -0.4 is 10.6 Å². The molecule has 0 bridgehead atoms. The van der Waals surface area contributed by atoms with Crippen molar-refractivity contribution < 1.29 is 14.3 Å². The first kappa shape index (κ1) is 19.0. The zero-order valence-corrected chi connectivity index (χ0v) is 15.7. The Morgan fingerprint density at radius 2 is 2.04 bits per heavy atom. The van der Waals surface area contributed by atoms with Crippen LogP contribution in [0.2, 0.25) is 10.0 Å². The number of hydrogen-bond donors (Lipinski definition) is 2. The third-order valence-electron chi connectivity index (χ3n) is 4.38. The maximum Gasteiger partial charge on any atom is 0.340 e. The zero-order chi connectivity index (χ0) is 18.7. The summed E-state index contributed by atoms with van der Waals surface area (Å²) in [7, 11) is 1.25. The summed E-state index contributed by atoms with van der Waals surface area (Å²) in [5.74, 6) is -0.971. The molecular formula is C16H19Cl2N5O3. The lowest BCUT2D eigenvalue weighted by molar-refractivity contribution is -0.117. The summed E-state index contributed by atoms with van der Waals surface area (Å²) in [6, 6.07) is 2.18. The first-order valence-corrected chi connectivity index (χ1v) is 8.98. The van der Waals surface area contributed by atoms with Gasteiger partial charge in [-0.25, -0.2) is 4.79 Å². The molecule has 1 aromatic rings. The van der Waals surface area contributed by atoms with Crippen molar-refractivity contribution in [2.24, 2.45) is 10.2 Å².